The standard InChI is InChI=1S/C31H28F2N6O3/c1-41-31(40)26-11-10-25-29(37-26)39(16-19-2-3-19)27(36-25)13-18-4-7-21(8-5-18)28-35-15-24(33)30(38-28)42-17-22-9-6-20(14-34)12-23(22)32/h6-7,9-12,15,18-19H,2-5,8,13,16-17H2,1H3. The number of allylic oxidation sites excluding steroid dienone is 2. The molecule has 42 heavy (non-hydrogen) atoms. The van der Waals surface area contributed by atoms with E-state index in [4.69, 9.17) is 19.7 Å². The Bertz CT molecular complexity index is 1740. The molecule has 2 aliphatic carbocycles. The summed E-state index contributed by atoms with van der Waals surface area (Å²) in [5, 5.41) is 8.91. The van der Waals surface area contributed by atoms with Crippen molar-refractivity contribution in [3.05, 3.63) is 82.7 Å². The molecular weight excluding hydrogens is 542 g/mol. The zero-order valence-electron chi connectivity index (χ0n) is 23.0. The summed E-state index contributed by atoms with van der Waals surface area (Å²) in [6, 6.07) is 9.36. The number of imidazole rings is 1. The fourth-order valence-corrected chi connectivity index (χ4v) is 5.20. The van der Waals surface area contributed by atoms with Crippen LogP contribution in [0.1, 0.15) is 65.4 Å². The first kappa shape index (κ1) is 27.4. The van der Waals surface area contributed by atoms with Gasteiger partial charge in [0.05, 0.1) is 24.9 Å². The van der Waals surface area contributed by atoms with Crippen molar-refractivity contribution in [3.8, 4) is 11.9 Å². The molecule has 214 valence electrons. The molecule has 1 aromatic carbocycles. The molecular formula is C31H28F2N6O3. The van der Waals surface area contributed by atoms with Crippen molar-refractivity contribution in [2.45, 2.75) is 51.7 Å². The first-order valence-corrected chi connectivity index (χ1v) is 13.9. The van der Waals surface area contributed by atoms with Crippen LogP contribution >= 0.6 is 0 Å². The summed E-state index contributed by atoms with van der Waals surface area (Å²) < 4.78 is 41.2. The number of pyridine rings is 1. The topological polar surface area (TPSA) is 116 Å². The number of halogens is 2. The van der Waals surface area contributed by atoms with Crippen molar-refractivity contribution in [3.63, 3.8) is 0 Å². The van der Waals surface area contributed by atoms with Crippen LogP contribution in [-0.4, -0.2) is 37.6 Å². The number of hydrogen-bond donors (Lipinski definition) is 0. The van der Waals surface area contributed by atoms with Gasteiger partial charge in [-0.2, -0.15) is 14.6 Å². The largest absolute Gasteiger partial charge is 0.471 e. The van der Waals surface area contributed by atoms with Crippen molar-refractivity contribution in [2.24, 2.45) is 11.8 Å². The number of hydrogen-bond acceptors (Lipinski definition) is 8. The van der Waals surface area contributed by atoms with Gasteiger partial charge in [-0.1, -0.05) is 12.1 Å². The highest BCUT2D eigenvalue weighted by molar-refractivity contribution is 5.89. The van der Waals surface area contributed by atoms with Gasteiger partial charge in [-0.15, -0.1) is 0 Å². The Balaban J connectivity index is 1.16. The molecule has 1 saturated carbocycles. The fraction of sp³-hybridized carbons (Fsp3) is 0.355. The zero-order valence-corrected chi connectivity index (χ0v) is 23.0. The Morgan fingerprint density at radius 1 is 1.10 bits per heavy atom. The lowest BCUT2D eigenvalue weighted by Gasteiger charge is -2.21. The van der Waals surface area contributed by atoms with E-state index in [1.807, 2.05) is 12.1 Å². The summed E-state index contributed by atoms with van der Waals surface area (Å²) in [4.78, 5) is 30.0. The number of fused-ring (bicyclic) bond motifs is 1. The molecule has 4 aromatic rings. The van der Waals surface area contributed by atoms with Gasteiger partial charge >= 0.3 is 5.97 Å². The van der Waals surface area contributed by atoms with Crippen LogP contribution in [0.3, 0.4) is 0 Å². The van der Waals surface area contributed by atoms with Crippen molar-refractivity contribution in [1.82, 2.24) is 24.5 Å². The molecule has 0 bridgehead atoms. The van der Waals surface area contributed by atoms with E-state index in [0.29, 0.717) is 29.7 Å². The van der Waals surface area contributed by atoms with Crippen LogP contribution in [0, 0.1) is 34.8 Å². The number of carbonyl (C=O) groups is 1. The predicted molar refractivity (Wildman–Crippen MR) is 148 cm³/mol. The van der Waals surface area contributed by atoms with Crippen LogP contribution in [0.5, 0.6) is 5.88 Å². The van der Waals surface area contributed by atoms with Crippen LogP contribution in [-0.2, 0) is 24.3 Å². The molecule has 0 N–H and O–H groups in total. The molecule has 0 spiro atoms. The number of aromatic nitrogens is 5. The highest BCUT2D eigenvalue weighted by atomic mass is 19.1. The lowest BCUT2D eigenvalue weighted by atomic mass is 9.87. The maximum Gasteiger partial charge on any atom is 0.356 e. The Hall–Kier alpha value is -4.72. The third-order valence-corrected chi connectivity index (χ3v) is 7.74. The molecule has 0 aliphatic heterocycles. The second kappa shape index (κ2) is 11.6. The molecule has 1 fully saturated rings. The molecule has 3 aromatic heterocycles. The Kier molecular flexibility index (Phi) is 7.61. The quantitative estimate of drug-likeness (QED) is 0.240. The Morgan fingerprint density at radius 2 is 1.95 bits per heavy atom. The average molecular weight is 571 g/mol. The molecule has 0 radical (unpaired) electrons. The van der Waals surface area contributed by atoms with Gasteiger partial charge in [-0.3, -0.25) is 0 Å². The van der Waals surface area contributed by atoms with Crippen LogP contribution in [0.4, 0.5) is 8.78 Å². The summed E-state index contributed by atoms with van der Waals surface area (Å²) in [6.07, 6.45) is 8.60. The van der Waals surface area contributed by atoms with Crippen LogP contribution in [0.2, 0.25) is 0 Å². The smallest absolute Gasteiger partial charge is 0.356 e. The van der Waals surface area contributed by atoms with Gasteiger partial charge in [-0.05, 0) is 73.8 Å². The minimum atomic E-state index is -0.736. The highest BCUT2D eigenvalue weighted by Crippen LogP contribution is 2.35. The minimum absolute atomic E-state index is 0.192. The molecule has 2 aliphatic rings. The fourth-order valence-electron chi connectivity index (χ4n) is 5.20. The van der Waals surface area contributed by atoms with Crippen LogP contribution < -0.4 is 4.74 Å². The van der Waals surface area contributed by atoms with E-state index in [2.05, 4.69) is 25.6 Å². The van der Waals surface area contributed by atoms with E-state index >= 15 is 0 Å². The van der Waals surface area contributed by atoms with E-state index < -0.39 is 17.6 Å². The summed E-state index contributed by atoms with van der Waals surface area (Å²) >= 11 is 0. The predicted octanol–water partition coefficient (Wildman–Crippen LogP) is 5.57. The first-order valence-electron chi connectivity index (χ1n) is 13.9. The third-order valence-electron chi connectivity index (χ3n) is 7.74. The number of benzene rings is 1. The van der Waals surface area contributed by atoms with Gasteiger partial charge in [0.2, 0.25) is 5.82 Å². The zero-order chi connectivity index (χ0) is 29.2. The molecule has 6 rings (SSSR count). The van der Waals surface area contributed by atoms with E-state index in [-0.39, 0.29) is 29.3 Å². The van der Waals surface area contributed by atoms with Gasteiger partial charge < -0.3 is 14.0 Å². The molecule has 11 heteroatoms. The van der Waals surface area contributed by atoms with E-state index in [9.17, 15) is 13.6 Å². The van der Waals surface area contributed by atoms with Crippen LogP contribution in [0.15, 0.2) is 42.6 Å². The number of carbonyl (C=O) groups excluding carboxylic acids is 1. The monoisotopic (exact) mass is 570 g/mol. The SMILES string of the molecule is COC(=O)c1ccc2nc(CC3CC=C(c4ncc(F)c(OCc5ccc(C#N)cc5F)n4)CC3)n(CC3CC3)c2n1. The summed E-state index contributed by atoms with van der Waals surface area (Å²) in [6.45, 7) is 0.597. The molecule has 0 amide bonds. The van der Waals surface area contributed by atoms with Gasteiger partial charge in [0, 0.05) is 18.5 Å². The number of esters is 1. The van der Waals surface area contributed by atoms with Crippen LogP contribution in [0.25, 0.3) is 16.7 Å². The number of ether oxygens (including phenoxy) is 2. The normalized spacial score (nSPS) is 16.6. The molecule has 9 nitrogen and oxygen atoms in total. The number of nitrogens with zero attached hydrogens (tertiary/aromatic N) is 6. The second-order valence-corrected chi connectivity index (χ2v) is 10.7. The lowest BCUT2D eigenvalue weighted by molar-refractivity contribution is 0.0594. The summed E-state index contributed by atoms with van der Waals surface area (Å²) in [5.41, 5.74) is 3.02. The number of methoxy groups -OCH3 is 1. The van der Waals surface area contributed by atoms with Crippen molar-refractivity contribution >= 4 is 22.7 Å². The number of rotatable bonds is 9. The van der Waals surface area contributed by atoms with E-state index in [1.54, 1.807) is 6.07 Å². The molecule has 1 atom stereocenters. The lowest BCUT2D eigenvalue weighted by Crippen LogP contribution is -2.15. The van der Waals surface area contributed by atoms with Crippen molar-refractivity contribution in [1.29, 1.82) is 5.26 Å². The summed E-state index contributed by atoms with van der Waals surface area (Å²) in [5.74, 6) is 0.209. The summed E-state index contributed by atoms with van der Waals surface area (Å²) in [7, 11) is 1.34. The van der Waals surface area contributed by atoms with Gasteiger partial charge in [-0.25, -0.2) is 24.1 Å². The average Bonchev–Trinajstić information content (AvgIpc) is 3.78. The minimum Gasteiger partial charge on any atom is -0.471 e. The molecule has 1 unspecified atom stereocenters. The Morgan fingerprint density at radius 3 is 2.67 bits per heavy atom. The maximum absolute atomic E-state index is 14.4. The molecule has 3 heterocycles. The van der Waals surface area contributed by atoms with Crippen molar-refractivity contribution < 1.29 is 23.0 Å². The first-order chi connectivity index (χ1) is 20.4. The maximum atomic E-state index is 14.4. The third kappa shape index (κ3) is 5.84. The van der Waals surface area contributed by atoms with Crippen molar-refractivity contribution in [2.75, 3.05) is 7.11 Å². The Labute approximate surface area is 240 Å². The molecule has 0 saturated heterocycles. The van der Waals surface area contributed by atoms with Gasteiger partial charge in [0.25, 0.3) is 5.88 Å². The van der Waals surface area contributed by atoms with Gasteiger partial charge in [0.15, 0.2) is 17.2 Å². The second-order valence-electron chi connectivity index (χ2n) is 10.7. The van der Waals surface area contributed by atoms with Gasteiger partial charge in [0.1, 0.15) is 23.8 Å². The number of nitriles is 1. The highest BCUT2D eigenvalue weighted by Gasteiger charge is 2.27. The van der Waals surface area contributed by atoms with E-state index in [1.165, 1.54) is 32.1 Å². The van der Waals surface area contributed by atoms with E-state index in [0.717, 1.165) is 55.0 Å².